The van der Waals surface area contributed by atoms with E-state index >= 15 is 0 Å². The molecule has 0 saturated carbocycles. The zero-order valence-electron chi connectivity index (χ0n) is 14.0. The fourth-order valence-corrected chi connectivity index (χ4v) is 2.77. The normalized spacial score (nSPS) is 24.7. The Labute approximate surface area is 179 Å². The van der Waals surface area contributed by atoms with E-state index in [-0.39, 0.29) is 76.5 Å². The van der Waals surface area contributed by atoms with Gasteiger partial charge in [-0.1, -0.05) is 30.3 Å². The molecular weight excluding hydrogens is 323 g/mol. The molecule has 1 heterocycles. The summed E-state index contributed by atoms with van der Waals surface area (Å²) in [6, 6.07) is 8.84. The summed E-state index contributed by atoms with van der Waals surface area (Å²) in [6.45, 7) is 3.58. The zero-order valence-corrected chi connectivity index (χ0v) is 17.2. The van der Waals surface area contributed by atoms with Gasteiger partial charge in [-0.15, -0.1) is 0 Å². The Morgan fingerprint density at radius 1 is 1.39 bits per heavy atom. The minimum Gasteiger partial charge on any atom is -0.548 e. The van der Waals surface area contributed by atoms with Gasteiger partial charge in [0.1, 0.15) is 0 Å². The molecule has 1 N–H and O–H groups in total. The molecule has 2 amide bonds. The van der Waals surface area contributed by atoms with Crippen molar-refractivity contribution in [1.29, 1.82) is 0 Å². The van der Waals surface area contributed by atoms with Crippen LogP contribution in [0.1, 0.15) is 31.9 Å². The number of hydrogen-bond acceptors (Lipinski definition) is 4. The molecule has 0 spiro atoms. The maximum Gasteiger partial charge on any atom is 1.00 e. The first-order valence-electron chi connectivity index (χ1n) is 7.26. The van der Waals surface area contributed by atoms with Crippen molar-refractivity contribution in [2.75, 3.05) is 13.7 Å². The van der Waals surface area contributed by atoms with Gasteiger partial charge in [0, 0.05) is 20.1 Å². The molecule has 7 heteroatoms. The monoisotopic (exact) mass is 344 g/mol. The van der Waals surface area contributed by atoms with Gasteiger partial charge in [0.05, 0.1) is 23.7 Å². The van der Waals surface area contributed by atoms with Gasteiger partial charge in [-0.3, -0.25) is 0 Å². The summed E-state index contributed by atoms with van der Waals surface area (Å²) in [5.41, 5.74) is -0.408. The summed E-state index contributed by atoms with van der Waals surface area (Å²) in [4.78, 5) is 25.2. The molecule has 0 radical (unpaired) electrons. The van der Waals surface area contributed by atoms with Crippen molar-refractivity contribution in [1.82, 2.24) is 10.2 Å². The maximum absolute atomic E-state index is 12.5. The standard InChI is InChI=1S/C16H22N2O4.K/c1-11(12-7-5-4-6-8-12)17-15(21)18-10-13(22-3)9-16(18,2)14(19)20;/h4-8,11,13H,9-10H2,1-3H3,(H,17,21)(H,19,20);/q;+1/p-1/t11-,13?,16?;/m1./s1. The SMILES string of the molecule is COC1CN(C(=O)N[C@H](C)c2ccccc2)C(C)(C(=O)[O-])C1.[K+]. The Kier molecular flexibility index (Phi) is 7.70. The second-order valence-electron chi connectivity index (χ2n) is 5.82. The molecule has 120 valence electrons. The predicted molar refractivity (Wildman–Crippen MR) is 78.9 cm³/mol. The average molecular weight is 344 g/mol. The van der Waals surface area contributed by atoms with Crippen LogP contribution in [0.4, 0.5) is 4.79 Å². The molecule has 0 bridgehead atoms. The molecule has 6 nitrogen and oxygen atoms in total. The van der Waals surface area contributed by atoms with Crippen molar-refractivity contribution in [2.45, 2.75) is 38.0 Å². The van der Waals surface area contributed by atoms with Crippen molar-refractivity contribution in [3.63, 3.8) is 0 Å². The number of carbonyl (C=O) groups excluding carboxylic acids is 2. The van der Waals surface area contributed by atoms with Crippen molar-refractivity contribution in [2.24, 2.45) is 0 Å². The summed E-state index contributed by atoms with van der Waals surface area (Å²) in [7, 11) is 1.51. The van der Waals surface area contributed by atoms with Crippen LogP contribution in [0.3, 0.4) is 0 Å². The second-order valence-corrected chi connectivity index (χ2v) is 5.82. The summed E-state index contributed by atoms with van der Waals surface area (Å²) in [6.07, 6.45) is -0.0837. The summed E-state index contributed by atoms with van der Waals surface area (Å²) >= 11 is 0. The van der Waals surface area contributed by atoms with Gasteiger partial charge in [0.15, 0.2) is 0 Å². The Morgan fingerprint density at radius 2 is 2.00 bits per heavy atom. The first-order valence-corrected chi connectivity index (χ1v) is 7.26. The van der Waals surface area contributed by atoms with E-state index in [1.807, 2.05) is 37.3 Å². The summed E-state index contributed by atoms with van der Waals surface area (Å²) < 4.78 is 5.21. The number of aliphatic carboxylic acids is 1. The molecule has 2 rings (SSSR count). The van der Waals surface area contributed by atoms with Crippen LogP contribution in [0.5, 0.6) is 0 Å². The van der Waals surface area contributed by atoms with Gasteiger partial charge in [0.25, 0.3) is 0 Å². The van der Waals surface area contributed by atoms with E-state index in [2.05, 4.69) is 5.32 Å². The number of nitrogens with zero attached hydrogens (tertiary/aromatic N) is 1. The predicted octanol–water partition coefficient (Wildman–Crippen LogP) is -2.31. The van der Waals surface area contributed by atoms with Gasteiger partial charge in [-0.2, -0.15) is 0 Å². The van der Waals surface area contributed by atoms with E-state index < -0.39 is 17.5 Å². The van der Waals surface area contributed by atoms with Gasteiger partial charge in [0.2, 0.25) is 0 Å². The fraction of sp³-hybridized carbons (Fsp3) is 0.500. The van der Waals surface area contributed by atoms with Crippen molar-refractivity contribution < 1.29 is 70.8 Å². The minimum atomic E-state index is -1.36. The van der Waals surface area contributed by atoms with Crippen LogP contribution in [0, 0.1) is 0 Å². The number of carboxylic acid groups (broad SMARTS) is 1. The van der Waals surface area contributed by atoms with Crippen LogP contribution in [-0.4, -0.2) is 42.2 Å². The number of amides is 2. The smallest absolute Gasteiger partial charge is 0.548 e. The molecule has 1 saturated heterocycles. The summed E-state index contributed by atoms with van der Waals surface area (Å²) in [5.74, 6) is -1.27. The number of methoxy groups -OCH3 is 1. The average Bonchev–Trinajstić information content (AvgIpc) is 2.87. The Hall–Kier alpha value is -0.444. The second kappa shape index (κ2) is 8.59. The van der Waals surface area contributed by atoms with E-state index in [1.54, 1.807) is 0 Å². The maximum atomic E-state index is 12.5. The first kappa shape index (κ1) is 20.6. The zero-order chi connectivity index (χ0) is 16.3. The molecule has 3 atom stereocenters. The minimum absolute atomic E-state index is 0. The van der Waals surface area contributed by atoms with Gasteiger partial charge >= 0.3 is 57.4 Å². The number of benzene rings is 1. The molecule has 1 aromatic carbocycles. The third kappa shape index (κ3) is 4.55. The van der Waals surface area contributed by atoms with Crippen LogP contribution < -0.4 is 61.8 Å². The van der Waals surface area contributed by atoms with Gasteiger partial charge < -0.3 is 24.9 Å². The van der Waals surface area contributed by atoms with Crippen LogP contribution in [0.2, 0.25) is 0 Å². The number of hydrogen-bond donors (Lipinski definition) is 1. The molecule has 0 aliphatic carbocycles. The van der Waals surface area contributed by atoms with E-state index in [4.69, 9.17) is 4.74 Å². The largest absolute Gasteiger partial charge is 1.00 e. The number of urea groups is 1. The van der Waals surface area contributed by atoms with E-state index in [0.717, 1.165) is 5.56 Å². The molecular formula is C16H21KN2O4. The third-order valence-corrected chi connectivity index (χ3v) is 4.26. The Bertz CT molecular complexity index is 554. The fourth-order valence-electron chi connectivity index (χ4n) is 2.77. The van der Waals surface area contributed by atoms with Crippen LogP contribution >= 0.6 is 0 Å². The first-order chi connectivity index (χ1) is 10.4. The van der Waals surface area contributed by atoms with Crippen molar-refractivity contribution in [3.05, 3.63) is 35.9 Å². The quantitative estimate of drug-likeness (QED) is 0.623. The molecule has 0 aromatic heterocycles. The number of carboxylic acids is 1. The molecule has 1 aromatic rings. The van der Waals surface area contributed by atoms with E-state index in [9.17, 15) is 14.7 Å². The van der Waals surface area contributed by atoms with E-state index in [1.165, 1.54) is 18.9 Å². The summed E-state index contributed by atoms with van der Waals surface area (Å²) in [5, 5.41) is 14.3. The van der Waals surface area contributed by atoms with Crippen LogP contribution in [-0.2, 0) is 9.53 Å². The van der Waals surface area contributed by atoms with Crippen molar-refractivity contribution in [3.8, 4) is 0 Å². The third-order valence-electron chi connectivity index (χ3n) is 4.26. The van der Waals surface area contributed by atoms with Crippen LogP contribution in [0.15, 0.2) is 30.3 Å². The molecule has 1 aliphatic heterocycles. The molecule has 1 aliphatic rings. The number of nitrogens with one attached hydrogen (secondary N) is 1. The number of ether oxygens (including phenoxy) is 1. The number of carbonyl (C=O) groups is 2. The molecule has 1 fully saturated rings. The molecule has 23 heavy (non-hydrogen) atoms. The van der Waals surface area contributed by atoms with Gasteiger partial charge in [-0.05, 0) is 19.4 Å². The van der Waals surface area contributed by atoms with Crippen molar-refractivity contribution >= 4 is 12.0 Å². The van der Waals surface area contributed by atoms with Gasteiger partial charge in [-0.25, -0.2) is 4.79 Å². The number of likely N-dealkylation sites (tertiary alicyclic amines) is 1. The Morgan fingerprint density at radius 3 is 2.52 bits per heavy atom. The number of rotatable bonds is 4. The topological polar surface area (TPSA) is 81.7 Å². The van der Waals surface area contributed by atoms with Crippen LogP contribution in [0.25, 0.3) is 0 Å². The Balaban J connectivity index is 0.00000264. The van der Waals surface area contributed by atoms with E-state index in [0.29, 0.717) is 0 Å². The molecule has 2 unspecified atom stereocenters.